The molecular formula is C26H28ClF2N5O3. The highest BCUT2D eigenvalue weighted by Crippen LogP contribution is 2.21. The Bertz CT molecular complexity index is 1290. The zero-order valence-corrected chi connectivity index (χ0v) is 20.9. The fourth-order valence-electron chi connectivity index (χ4n) is 5.07. The number of nitrogens with zero attached hydrogens (tertiary/aromatic N) is 3. The first-order chi connectivity index (χ1) is 17.9. The lowest BCUT2D eigenvalue weighted by Crippen LogP contribution is -2.54. The molecule has 0 unspecified atom stereocenters. The summed E-state index contributed by atoms with van der Waals surface area (Å²) in [6.07, 6.45) is 2.98. The van der Waals surface area contributed by atoms with Gasteiger partial charge in [-0.3, -0.25) is 14.5 Å². The standard InChI is InChI=1S/C26H28ClF2N5O3/c27-18-11-17-13-22(31-24(17)30-15-18)25(35)32-23(12-16-1-2-19(28)14-21(16)29)26(36)34-5-3-20(4-6-34)33-7-9-37-10-8-33/h1-2,11,13-15,20,23H,3-10,12H2,(H,30,31)(H,32,35)/t23-/m0/s1. The van der Waals surface area contributed by atoms with Gasteiger partial charge in [-0.2, -0.15) is 0 Å². The van der Waals surface area contributed by atoms with E-state index in [0.717, 1.165) is 38.1 Å². The van der Waals surface area contributed by atoms with Crippen molar-refractivity contribution in [3.05, 3.63) is 64.4 Å². The normalized spacial score (nSPS) is 18.2. The molecule has 0 aliphatic carbocycles. The van der Waals surface area contributed by atoms with Crippen LogP contribution in [0.4, 0.5) is 8.78 Å². The summed E-state index contributed by atoms with van der Waals surface area (Å²) >= 11 is 6.00. The Hall–Kier alpha value is -3.08. The predicted molar refractivity (Wildman–Crippen MR) is 134 cm³/mol. The van der Waals surface area contributed by atoms with Gasteiger partial charge in [0.25, 0.3) is 5.91 Å². The van der Waals surface area contributed by atoms with Crippen LogP contribution in [0.5, 0.6) is 0 Å². The van der Waals surface area contributed by atoms with Crippen LogP contribution in [0.25, 0.3) is 11.0 Å². The van der Waals surface area contributed by atoms with E-state index >= 15 is 0 Å². The van der Waals surface area contributed by atoms with Crippen molar-refractivity contribution < 1.29 is 23.1 Å². The number of H-pyrrole nitrogens is 1. The average Bonchev–Trinajstić information content (AvgIpc) is 3.33. The van der Waals surface area contributed by atoms with Gasteiger partial charge in [-0.1, -0.05) is 17.7 Å². The maximum Gasteiger partial charge on any atom is 0.268 e. The van der Waals surface area contributed by atoms with E-state index in [1.165, 1.54) is 12.3 Å². The summed E-state index contributed by atoms with van der Waals surface area (Å²) < 4.78 is 33.4. The Morgan fingerprint density at radius 3 is 2.62 bits per heavy atom. The topological polar surface area (TPSA) is 90.6 Å². The Kier molecular flexibility index (Phi) is 7.68. The first kappa shape index (κ1) is 25.6. The number of piperidine rings is 1. The number of fused-ring (bicyclic) bond motifs is 1. The number of carbonyl (C=O) groups is 2. The van der Waals surface area contributed by atoms with E-state index in [9.17, 15) is 18.4 Å². The molecule has 0 bridgehead atoms. The number of carbonyl (C=O) groups excluding carboxylic acids is 2. The van der Waals surface area contributed by atoms with Crippen molar-refractivity contribution in [2.24, 2.45) is 0 Å². The third-order valence-electron chi connectivity index (χ3n) is 7.06. The summed E-state index contributed by atoms with van der Waals surface area (Å²) in [7, 11) is 0. The minimum atomic E-state index is -1.03. The Morgan fingerprint density at radius 2 is 1.89 bits per heavy atom. The van der Waals surface area contributed by atoms with E-state index in [2.05, 4.69) is 20.2 Å². The molecule has 8 nitrogen and oxygen atoms in total. The second-order valence-corrected chi connectivity index (χ2v) is 9.88. The second-order valence-electron chi connectivity index (χ2n) is 9.45. The number of nitrogens with one attached hydrogen (secondary N) is 2. The smallest absolute Gasteiger partial charge is 0.268 e. The molecule has 1 aromatic carbocycles. The summed E-state index contributed by atoms with van der Waals surface area (Å²) in [5, 5.41) is 3.84. The number of rotatable bonds is 6. The maximum absolute atomic E-state index is 14.5. The number of amides is 2. The molecule has 37 heavy (non-hydrogen) atoms. The number of benzene rings is 1. The number of morpholine rings is 1. The van der Waals surface area contributed by atoms with Gasteiger partial charge in [-0.05, 0) is 36.6 Å². The lowest BCUT2D eigenvalue weighted by atomic mass is 9.99. The Balaban J connectivity index is 1.32. The number of pyridine rings is 1. The monoisotopic (exact) mass is 531 g/mol. The molecule has 0 radical (unpaired) electrons. The lowest BCUT2D eigenvalue weighted by molar-refractivity contribution is -0.135. The van der Waals surface area contributed by atoms with Crippen molar-refractivity contribution >= 4 is 34.4 Å². The molecule has 1 atom stereocenters. The van der Waals surface area contributed by atoms with Gasteiger partial charge in [0.15, 0.2) is 0 Å². The van der Waals surface area contributed by atoms with Gasteiger partial charge in [0, 0.05) is 56.3 Å². The summed E-state index contributed by atoms with van der Waals surface area (Å²) in [5.41, 5.74) is 0.828. The van der Waals surface area contributed by atoms with Crippen LogP contribution in [0, 0.1) is 11.6 Å². The summed E-state index contributed by atoms with van der Waals surface area (Å²) in [6, 6.07) is 5.83. The first-order valence-corrected chi connectivity index (χ1v) is 12.7. The molecule has 2 N–H and O–H groups in total. The largest absolute Gasteiger partial charge is 0.379 e. The zero-order valence-electron chi connectivity index (χ0n) is 20.2. The Morgan fingerprint density at radius 1 is 1.14 bits per heavy atom. The third-order valence-corrected chi connectivity index (χ3v) is 7.27. The number of aromatic amines is 1. The molecule has 2 aliphatic heterocycles. The molecule has 2 amide bonds. The van der Waals surface area contributed by atoms with Crippen molar-refractivity contribution in [1.82, 2.24) is 25.1 Å². The van der Waals surface area contributed by atoms with Crippen LogP contribution in [-0.2, 0) is 16.0 Å². The first-order valence-electron chi connectivity index (χ1n) is 12.4. The number of hydrogen-bond acceptors (Lipinski definition) is 5. The van der Waals surface area contributed by atoms with Gasteiger partial charge >= 0.3 is 0 Å². The molecule has 3 aromatic rings. The van der Waals surface area contributed by atoms with Crippen molar-refractivity contribution in [2.75, 3.05) is 39.4 Å². The van der Waals surface area contributed by atoms with Crippen LogP contribution in [0.2, 0.25) is 5.02 Å². The molecule has 2 saturated heterocycles. The second kappa shape index (κ2) is 11.1. The molecule has 2 fully saturated rings. The van der Waals surface area contributed by atoms with Crippen LogP contribution in [0.3, 0.4) is 0 Å². The van der Waals surface area contributed by atoms with Gasteiger partial charge in [-0.15, -0.1) is 0 Å². The van der Waals surface area contributed by atoms with Crippen molar-refractivity contribution in [2.45, 2.75) is 31.3 Å². The van der Waals surface area contributed by atoms with Crippen molar-refractivity contribution in [3.63, 3.8) is 0 Å². The predicted octanol–water partition coefficient (Wildman–Crippen LogP) is 3.16. The van der Waals surface area contributed by atoms with E-state index in [4.69, 9.17) is 16.3 Å². The highest BCUT2D eigenvalue weighted by Gasteiger charge is 2.32. The number of likely N-dealkylation sites (tertiary alicyclic amines) is 1. The number of ether oxygens (including phenoxy) is 1. The van der Waals surface area contributed by atoms with Crippen LogP contribution in [0.1, 0.15) is 28.9 Å². The third kappa shape index (κ3) is 5.92. The lowest BCUT2D eigenvalue weighted by Gasteiger charge is -2.40. The van der Waals surface area contributed by atoms with E-state index in [1.54, 1.807) is 17.0 Å². The highest BCUT2D eigenvalue weighted by molar-refractivity contribution is 6.31. The number of halogens is 3. The van der Waals surface area contributed by atoms with Crippen LogP contribution >= 0.6 is 11.6 Å². The molecule has 5 rings (SSSR count). The molecule has 0 saturated carbocycles. The van der Waals surface area contributed by atoms with Crippen molar-refractivity contribution in [3.8, 4) is 0 Å². The maximum atomic E-state index is 14.5. The van der Waals surface area contributed by atoms with Crippen LogP contribution in [-0.4, -0.2) is 83.1 Å². The number of hydrogen-bond donors (Lipinski definition) is 2. The molecule has 196 valence electrons. The molecule has 2 aliphatic rings. The van der Waals surface area contributed by atoms with E-state index in [0.29, 0.717) is 48.4 Å². The quantitative estimate of drug-likeness (QED) is 0.510. The van der Waals surface area contributed by atoms with Gasteiger partial charge in [0.2, 0.25) is 5.91 Å². The summed E-state index contributed by atoms with van der Waals surface area (Å²) in [5.74, 6) is -2.29. The SMILES string of the molecule is O=C(N[C@@H](Cc1ccc(F)cc1F)C(=O)N1CCC(N2CCOCC2)CC1)c1cc2cc(Cl)cnc2[nH]1. The fraction of sp³-hybridized carbons (Fsp3) is 0.423. The molecule has 11 heteroatoms. The fourth-order valence-corrected chi connectivity index (χ4v) is 5.23. The van der Waals surface area contributed by atoms with E-state index in [1.807, 2.05) is 0 Å². The molecular weight excluding hydrogens is 504 g/mol. The van der Waals surface area contributed by atoms with E-state index < -0.39 is 23.6 Å². The average molecular weight is 532 g/mol. The van der Waals surface area contributed by atoms with Gasteiger partial charge < -0.3 is 19.9 Å². The molecule has 0 spiro atoms. The minimum absolute atomic E-state index is 0.107. The van der Waals surface area contributed by atoms with Crippen LogP contribution < -0.4 is 5.32 Å². The van der Waals surface area contributed by atoms with Gasteiger partial charge in [-0.25, -0.2) is 13.8 Å². The highest BCUT2D eigenvalue weighted by atomic mass is 35.5. The van der Waals surface area contributed by atoms with Gasteiger partial charge in [0.1, 0.15) is 29.0 Å². The zero-order chi connectivity index (χ0) is 25.9. The van der Waals surface area contributed by atoms with Crippen LogP contribution in [0.15, 0.2) is 36.5 Å². The minimum Gasteiger partial charge on any atom is -0.379 e. The Labute approximate surface area is 217 Å². The summed E-state index contributed by atoms with van der Waals surface area (Å²) in [4.78, 5) is 37.9. The van der Waals surface area contributed by atoms with Gasteiger partial charge in [0.05, 0.1) is 18.2 Å². The van der Waals surface area contributed by atoms with E-state index in [-0.39, 0.29) is 23.6 Å². The molecule has 2 aromatic heterocycles. The molecule has 4 heterocycles. The summed E-state index contributed by atoms with van der Waals surface area (Å²) in [6.45, 7) is 4.26. The number of aromatic nitrogens is 2. The van der Waals surface area contributed by atoms with Crippen molar-refractivity contribution in [1.29, 1.82) is 0 Å².